The fourth-order valence-electron chi connectivity index (χ4n) is 3.25. The zero-order valence-corrected chi connectivity index (χ0v) is 12.9. The number of anilines is 1. The van der Waals surface area contributed by atoms with Gasteiger partial charge in [-0.1, -0.05) is 6.92 Å². The number of nitrogens with two attached hydrogens (primary N) is 1. The molecule has 2 heterocycles. The van der Waals surface area contributed by atoms with Crippen molar-refractivity contribution in [3.05, 3.63) is 18.2 Å². The molecule has 114 valence electrons. The van der Waals surface area contributed by atoms with Crippen LogP contribution in [-0.2, 0) is 0 Å². The molecule has 0 atom stereocenters. The third-order valence-corrected chi connectivity index (χ3v) is 4.40. The van der Waals surface area contributed by atoms with Gasteiger partial charge in [-0.05, 0) is 39.0 Å². The van der Waals surface area contributed by atoms with E-state index in [0.29, 0.717) is 12.1 Å². The van der Waals surface area contributed by atoms with Crippen LogP contribution in [0.4, 0.5) is 5.82 Å². The van der Waals surface area contributed by atoms with Gasteiger partial charge in [0.25, 0.3) is 0 Å². The van der Waals surface area contributed by atoms with E-state index in [9.17, 15) is 0 Å². The number of rotatable bonds is 4. The lowest BCUT2D eigenvalue weighted by Crippen LogP contribution is -2.42. The van der Waals surface area contributed by atoms with E-state index in [0.717, 1.165) is 55.9 Å². The van der Waals surface area contributed by atoms with Crippen molar-refractivity contribution in [2.75, 3.05) is 11.4 Å². The van der Waals surface area contributed by atoms with E-state index in [1.807, 2.05) is 23.7 Å². The molecule has 0 aromatic carbocycles. The Bertz CT molecular complexity index is 599. The monoisotopic (exact) mass is 288 g/mol. The van der Waals surface area contributed by atoms with Crippen LogP contribution in [0.2, 0.25) is 0 Å². The van der Waals surface area contributed by atoms with Crippen molar-refractivity contribution in [2.45, 2.75) is 58.0 Å². The number of hydrogen-bond acceptors (Lipinski definition) is 5. The maximum atomic E-state index is 6.04. The molecule has 0 amide bonds. The van der Waals surface area contributed by atoms with E-state index in [-0.39, 0.29) is 0 Å². The average Bonchev–Trinajstić information content (AvgIpc) is 2.88. The van der Waals surface area contributed by atoms with Gasteiger partial charge in [-0.25, -0.2) is 4.98 Å². The predicted octanol–water partition coefficient (Wildman–Crippen LogP) is 1.92. The summed E-state index contributed by atoms with van der Waals surface area (Å²) in [5.41, 5.74) is 6.90. The maximum Gasteiger partial charge on any atom is 0.203 e. The molecule has 6 nitrogen and oxygen atoms in total. The van der Waals surface area contributed by atoms with E-state index in [1.54, 1.807) is 0 Å². The first kappa shape index (κ1) is 14.3. The van der Waals surface area contributed by atoms with Crippen LogP contribution in [-0.4, -0.2) is 38.2 Å². The van der Waals surface area contributed by atoms with E-state index in [1.165, 1.54) is 0 Å². The van der Waals surface area contributed by atoms with Gasteiger partial charge >= 0.3 is 0 Å². The zero-order valence-electron chi connectivity index (χ0n) is 12.9. The summed E-state index contributed by atoms with van der Waals surface area (Å²) in [7, 11) is 0. The minimum absolute atomic E-state index is 0.365. The second-order valence-corrected chi connectivity index (χ2v) is 5.95. The van der Waals surface area contributed by atoms with Gasteiger partial charge in [0.2, 0.25) is 5.65 Å². The summed E-state index contributed by atoms with van der Waals surface area (Å²) in [5, 5.41) is 8.50. The van der Waals surface area contributed by atoms with Crippen LogP contribution in [0.5, 0.6) is 0 Å². The SMILES string of the molecule is CCCN(c1nccn2c(C)nnc12)C1CCC(N)CC1. The lowest BCUT2D eigenvalue weighted by molar-refractivity contribution is 0.374. The molecule has 2 aromatic heterocycles. The van der Waals surface area contributed by atoms with Crippen LogP contribution in [0.25, 0.3) is 5.65 Å². The Hall–Kier alpha value is -1.69. The first-order valence-corrected chi connectivity index (χ1v) is 7.89. The molecule has 2 N–H and O–H groups in total. The third-order valence-electron chi connectivity index (χ3n) is 4.40. The Balaban J connectivity index is 1.95. The fraction of sp³-hybridized carbons (Fsp3) is 0.667. The number of aryl methyl sites for hydroxylation is 1. The molecule has 0 bridgehead atoms. The lowest BCUT2D eigenvalue weighted by atomic mass is 9.90. The smallest absolute Gasteiger partial charge is 0.203 e. The summed E-state index contributed by atoms with van der Waals surface area (Å²) in [6.07, 6.45) is 9.33. The van der Waals surface area contributed by atoms with E-state index < -0.39 is 0 Å². The van der Waals surface area contributed by atoms with Gasteiger partial charge in [0.05, 0.1) is 0 Å². The first-order valence-electron chi connectivity index (χ1n) is 7.89. The van der Waals surface area contributed by atoms with Crippen LogP contribution in [0.15, 0.2) is 12.4 Å². The quantitative estimate of drug-likeness (QED) is 0.930. The van der Waals surface area contributed by atoms with E-state index >= 15 is 0 Å². The molecule has 1 saturated carbocycles. The molecular weight excluding hydrogens is 264 g/mol. The van der Waals surface area contributed by atoms with Crippen molar-refractivity contribution in [1.82, 2.24) is 19.6 Å². The normalized spacial score (nSPS) is 22.6. The standard InChI is InChI=1S/C15H24N6/c1-3-9-21(13-6-4-12(16)5-7-13)14-15-19-18-11(2)20(15)10-8-17-14/h8,10,12-13H,3-7,9,16H2,1-2H3. The van der Waals surface area contributed by atoms with Crippen molar-refractivity contribution in [3.8, 4) is 0 Å². The molecule has 1 fully saturated rings. The Morgan fingerprint density at radius 1 is 1.29 bits per heavy atom. The molecule has 0 unspecified atom stereocenters. The van der Waals surface area contributed by atoms with Crippen molar-refractivity contribution in [3.63, 3.8) is 0 Å². The molecule has 0 spiro atoms. The Kier molecular flexibility index (Phi) is 4.05. The average molecular weight is 288 g/mol. The zero-order chi connectivity index (χ0) is 14.8. The molecule has 2 aromatic rings. The summed E-state index contributed by atoms with van der Waals surface area (Å²) < 4.78 is 2.01. The van der Waals surface area contributed by atoms with Gasteiger partial charge in [0, 0.05) is 31.0 Å². The fourth-order valence-corrected chi connectivity index (χ4v) is 3.25. The molecule has 0 aliphatic heterocycles. The second-order valence-electron chi connectivity index (χ2n) is 5.95. The molecule has 3 rings (SSSR count). The number of fused-ring (bicyclic) bond motifs is 1. The minimum Gasteiger partial charge on any atom is -0.350 e. The van der Waals surface area contributed by atoms with Crippen molar-refractivity contribution in [2.24, 2.45) is 5.73 Å². The summed E-state index contributed by atoms with van der Waals surface area (Å²) in [5.74, 6) is 1.86. The Labute approximate surface area is 125 Å². The second kappa shape index (κ2) is 5.97. The summed E-state index contributed by atoms with van der Waals surface area (Å²) in [6, 6.07) is 0.879. The molecule has 0 saturated heterocycles. The molecule has 1 aliphatic rings. The third kappa shape index (κ3) is 2.72. The molecule has 1 aliphatic carbocycles. The van der Waals surface area contributed by atoms with Gasteiger partial charge in [-0.15, -0.1) is 10.2 Å². The predicted molar refractivity (Wildman–Crippen MR) is 83.4 cm³/mol. The van der Waals surface area contributed by atoms with Crippen LogP contribution in [0.1, 0.15) is 44.9 Å². The van der Waals surface area contributed by atoms with Crippen molar-refractivity contribution in [1.29, 1.82) is 0 Å². The largest absolute Gasteiger partial charge is 0.350 e. The highest BCUT2D eigenvalue weighted by Crippen LogP contribution is 2.28. The highest BCUT2D eigenvalue weighted by molar-refractivity contribution is 5.64. The van der Waals surface area contributed by atoms with Crippen LogP contribution < -0.4 is 10.6 Å². The summed E-state index contributed by atoms with van der Waals surface area (Å²) in [6.45, 7) is 5.17. The van der Waals surface area contributed by atoms with Crippen LogP contribution >= 0.6 is 0 Å². The molecule has 21 heavy (non-hydrogen) atoms. The van der Waals surface area contributed by atoms with Gasteiger partial charge < -0.3 is 10.6 Å². The van der Waals surface area contributed by atoms with Crippen LogP contribution in [0, 0.1) is 6.92 Å². The van der Waals surface area contributed by atoms with Gasteiger partial charge in [-0.3, -0.25) is 4.40 Å². The highest BCUT2D eigenvalue weighted by atomic mass is 15.3. The highest BCUT2D eigenvalue weighted by Gasteiger charge is 2.26. The van der Waals surface area contributed by atoms with Crippen LogP contribution in [0.3, 0.4) is 0 Å². The molecule has 0 radical (unpaired) electrons. The summed E-state index contributed by atoms with van der Waals surface area (Å²) in [4.78, 5) is 7.02. The van der Waals surface area contributed by atoms with Crippen molar-refractivity contribution >= 4 is 11.5 Å². The Morgan fingerprint density at radius 2 is 2.05 bits per heavy atom. The summed E-state index contributed by atoms with van der Waals surface area (Å²) >= 11 is 0. The maximum absolute atomic E-state index is 6.04. The molecule has 6 heteroatoms. The number of nitrogens with zero attached hydrogens (tertiary/aromatic N) is 5. The number of hydrogen-bond donors (Lipinski definition) is 1. The Morgan fingerprint density at radius 3 is 2.76 bits per heavy atom. The topological polar surface area (TPSA) is 72.3 Å². The lowest BCUT2D eigenvalue weighted by Gasteiger charge is -2.36. The van der Waals surface area contributed by atoms with Crippen molar-refractivity contribution < 1.29 is 0 Å². The van der Waals surface area contributed by atoms with Gasteiger partial charge in [-0.2, -0.15) is 0 Å². The first-order chi connectivity index (χ1) is 10.2. The van der Waals surface area contributed by atoms with E-state index in [4.69, 9.17) is 5.73 Å². The van der Waals surface area contributed by atoms with Gasteiger partial charge in [0.15, 0.2) is 5.82 Å². The van der Waals surface area contributed by atoms with E-state index in [2.05, 4.69) is 27.0 Å². The molecular formula is C15H24N6. The number of aromatic nitrogens is 4. The minimum atomic E-state index is 0.365. The van der Waals surface area contributed by atoms with Gasteiger partial charge in [0.1, 0.15) is 5.82 Å².